The predicted octanol–water partition coefficient (Wildman–Crippen LogP) is 3.61. The first-order valence-corrected chi connectivity index (χ1v) is 7.19. The standard InChI is InChI=1S/C16H8ClF3N4O/c17-15-11(2-7-14-21-8-1-9-22-14)10-23-24(15)12-3-5-13(6-4-12)25-16(18,19)20/h1,3-6,8-10H. The third kappa shape index (κ3) is 4.28. The van der Waals surface area contributed by atoms with E-state index >= 15 is 0 Å². The van der Waals surface area contributed by atoms with Crippen LogP contribution in [0.5, 0.6) is 5.75 Å². The molecule has 0 atom stereocenters. The van der Waals surface area contributed by atoms with E-state index in [2.05, 4.69) is 31.6 Å². The molecule has 2 aromatic heterocycles. The number of hydrogen-bond donors (Lipinski definition) is 0. The highest BCUT2D eigenvalue weighted by atomic mass is 35.5. The van der Waals surface area contributed by atoms with Gasteiger partial charge >= 0.3 is 6.36 Å². The molecule has 9 heteroatoms. The number of aromatic nitrogens is 4. The van der Waals surface area contributed by atoms with Crippen molar-refractivity contribution in [2.75, 3.05) is 0 Å². The molecule has 0 aliphatic carbocycles. The van der Waals surface area contributed by atoms with Crippen molar-refractivity contribution in [3.63, 3.8) is 0 Å². The quantitative estimate of drug-likeness (QED) is 0.652. The van der Waals surface area contributed by atoms with Crippen molar-refractivity contribution in [2.45, 2.75) is 6.36 Å². The van der Waals surface area contributed by atoms with Crippen LogP contribution in [-0.2, 0) is 0 Å². The highest BCUT2D eigenvalue weighted by molar-refractivity contribution is 6.31. The minimum atomic E-state index is -4.74. The highest BCUT2D eigenvalue weighted by Crippen LogP contribution is 2.25. The second-order valence-corrected chi connectivity index (χ2v) is 4.98. The Balaban J connectivity index is 1.83. The third-order valence-corrected chi connectivity index (χ3v) is 3.26. The minimum absolute atomic E-state index is 0.216. The molecule has 5 nitrogen and oxygen atoms in total. The molecule has 0 unspecified atom stereocenters. The van der Waals surface area contributed by atoms with E-state index in [-0.39, 0.29) is 10.9 Å². The first-order chi connectivity index (χ1) is 11.9. The zero-order valence-corrected chi connectivity index (χ0v) is 13.1. The molecule has 3 rings (SSSR count). The maximum absolute atomic E-state index is 12.2. The molecule has 1 aromatic carbocycles. The normalized spacial score (nSPS) is 10.9. The SMILES string of the molecule is FC(F)(F)Oc1ccc(-n2ncc(C#Cc3ncccn3)c2Cl)cc1. The minimum Gasteiger partial charge on any atom is -0.406 e. The summed E-state index contributed by atoms with van der Waals surface area (Å²) in [4.78, 5) is 7.93. The first kappa shape index (κ1) is 16.8. The summed E-state index contributed by atoms with van der Waals surface area (Å²) in [5.41, 5.74) is 0.897. The number of benzene rings is 1. The van der Waals surface area contributed by atoms with Gasteiger partial charge in [0.05, 0.1) is 17.4 Å². The Morgan fingerprint density at radius 3 is 2.36 bits per heavy atom. The van der Waals surface area contributed by atoms with E-state index < -0.39 is 6.36 Å². The summed E-state index contributed by atoms with van der Waals surface area (Å²) < 4.78 is 41.7. The van der Waals surface area contributed by atoms with Gasteiger partial charge in [-0.25, -0.2) is 14.6 Å². The molecular weight excluding hydrogens is 357 g/mol. The fourth-order valence-electron chi connectivity index (χ4n) is 1.87. The van der Waals surface area contributed by atoms with Gasteiger partial charge in [0, 0.05) is 12.4 Å². The van der Waals surface area contributed by atoms with E-state index in [1.165, 1.54) is 35.1 Å². The van der Waals surface area contributed by atoms with Gasteiger partial charge < -0.3 is 4.74 Å². The molecule has 25 heavy (non-hydrogen) atoms. The van der Waals surface area contributed by atoms with Gasteiger partial charge in [0.15, 0.2) is 0 Å². The van der Waals surface area contributed by atoms with Gasteiger partial charge in [0.2, 0.25) is 5.82 Å². The number of rotatable bonds is 2. The topological polar surface area (TPSA) is 52.8 Å². The summed E-state index contributed by atoms with van der Waals surface area (Å²) in [6, 6.07) is 6.81. The van der Waals surface area contributed by atoms with Crippen LogP contribution in [0.15, 0.2) is 48.9 Å². The zero-order chi connectivity index (χ0) is 17.9. The Morgan fingerprint density at radius 1 is 1.04 bits per heavy atom. The van der Waals surface area contributed by atoms with Gasteiger partial charge in [-0.2, -0.15) is 5.10 Å². The Hall–Kier alpha value is -3.05. The maximum atomic E-state index is 12.2. The number of ether oxygens (including phenoxy) is 1. The van der Waals surface area contributed by atoms with Crippen LogP contribution in [0.2, 0.25) is 5.15 Å². The Labute approximate surface area is 145 Å². The molecule has 3 aromatic rings. The van der Waals surface area contributed by atoms with Crippen LogP contribution in [-0.4, -0.2) is 26.1 Å². The van der Waals surface area contributed by atoms with Crippen LogP contribution in [0.25, 0.3) is 5.69 Å². The smallest absolute Gasteiger partial charge is 0.406 e. The van der Waals surface area contributed by atoms with Crippen LogP contribution in [0.3, 0.4) is 0 Å². The van der Waals surface area contributed by atoms with Gasteiger partial charge in [-0.1, -0.05) is 17.5 Å². The second kappa shape index (κ2) is 6.83. The summed E-state index contributed by atoms with van der Waals surface area (Å²) in [6.07, 6.45) is -0.176. The highest BCUT2D eigenvalue weighted by Gasteiger charge is 2.31. The van der Waals surface area contributed by atoms with Gasteiger partial charge in [-0.3, -0.25) is 0 Å². The van der Waals surface area contributed by atoms with E-state index in [9.17, 15) is 13.2 Å². The average Bonchev–Trinajstić information content (AvgIpc) is 2.94. The number of alkyl halides is 3. The molecule has 0 bridgehead atoms. The van der Waals surface area contributed by atoms with Crippen LogP contribution in [0, 0.1) is 11.8 Å². The van der Waals surface area contributed by atoms with E-state index in [0.29, 0.717) is 17.1 Å². The number of hydrogen-bond acceptors (Lipinski definition) is 4. The molecule has 2 heterocycles. The van der Waals surface area contributed by atoms with Gasteiger partial charge in [-0.05, 0) is 36.3 Å². The van der Waals surface area contributed by atoms with Crippen molar-refractivity contribution in [2.24, 2.45) is 0 Å². The average molecular weight is 365 g/mol. The zero-order valence-electron chi connectivity index (χ0n) is 12.3. The van der Waals surface area contributed by atoms with Crippen molar-refractivity contribution in [3.05, 3.63) is 65.5 Å². The molecule has 0 saturated carbocycles. The number of halogens is 4. The molecule has 0 fully saturated rings. The Kier molecular flexibility index (Phi) is 4.59. The van der Waals surface area contributed by atoms with Gasteiger partial charge in [0.25, 0.3) is 0 Å². The summed E-state index contributed by atoms with van der Waals surface area (Å²) in [7, 11) is 0. The van der Waals surface area contributed by atoms with Crippen molar-refractivity contribution in [3.8, 4) is 23.3 Å². The monoisotopic (exact) mass is 364 g/mol. The molecule has 0 radical (unpaired) electrons. The summed E-state index contributed by atoms with van der Waals surface area (Å²) in [5, 5.41) is 4.30. The van der Waals surface area contributed by atoms with E-state index in [4.69, 9.17) is 11.6 Å². The van der Waals surface area contributed by atoms with E-state index in [1.54, 1.807) is 18.5 Å². The fraction of sp³-hybridized carbons (Fsp3) is 0.0625. The van der Waals surface area contributed by atoms with Gasteiger partial charge in [0.1, 0.15) is 10.9 Å². The summed E-state index contributed by atoms with van der Waals surface area (Å²) in [5.74, 6) is 5.55. The molecule has 0 N–H and O–H groups in total. The molecule has 0 aliphatic heterocycles. The third-order valence-electron chi connectivity index (χ3n) is 2.90. The Morgan fingerprint density at radius 2 is 1.72 bits per heavy atom. The van der Waals surface area contributed by atoms with Crippen LogP contribution >= 0.6 is 11.6 Å². The molecule has 0 amide bonds. The predicted molar refractivity (Wildman–Crippen MR) is 83.3 cm³/mol. The van der Waals surface area contributed by atoms with Crippen LogP contribution in [0.1, 0.15) is 11.4 Å². The summed E-state index contributed by atoms with van der Waals surface area (Å²) in [6.45, 7) is 0. The van der Waals surface area contributed by atoms with E-state index in [1.807, 2.05) is 0 Å². The molecule has 126 valence electrons. The lowest BCUT2D eigenvalue weighted by Crippen LogP contribution is -2.17. The lowest BCUT2D eigenvalue weighted by molar-refractivity contribution is -0.274. The molecule has 0 aliphatic rings. The lowest BCUT2D eigenvalue weighted by Gasteiger charge is -2.09. The maximum Gasteiger partial charge on any atom is 0.573 e. The Bertz CT molecular complexity index is 928. The van der Waals surface area contributed by atoms with Gasteiger partial charge in [-0.15, -0.1) is 13.2 Å². The van der Waals surface area contributed by atoms with Crippen molar-refractivity contribution >= 4 is 11.6 Å². The summed E-state index contributed by atoms with van der Waals surface area (Å²) >= 11 is 6.22. The molecular formula is C16H8ClF3N4O. The fourth-order valence-corrected chi connectivity index (χ4v) is 2.11. The van der Waals surface area contributed by atoms with Crippen molar-refractivity contribution in [1.82, 2.24) is 19.7 Å². The van der Waals surface area contributed by atoms with Crippen LogP contribution in [0.4, 0.5) is 13.2 Å². The largest absolute Gasteiger partial charge is 0.573 e. The van der Waals surface area contributed by atoms with E-state index in [0.717, 1.165) is 0 Å². The molecule has 0 saturated heterocycles. The van der Waals surface area contributed by atoms with Crippen LogP contribution < -0.4 is 4.74 Å². The lowest BCUT2D eigenvalue weighted by atomic mass is 10.3. The molecule has 0 spiro atoms. The number of nitrogens with zero attached hydrogens (tertiary/aromatic N) is 4. The van der Waals surface area contributed by atoms with Crippen molar-refractivity contribution < 1.29 is 17.9 Å². The van der Waals surface area contributed by atoms with Crippen molar-refractivity contribution in [1.29, 1.82) is 0 Å². The first-order valence-electron chi connectivity index (χ1n) is 6.81. The second-order valence-electron chi connectivity index (χ2n) is 4.62.